The van der Waals surface area contributed by atoms with E-state index in [2.05, 4.69) is 10.4 Å². The van der Waals surface area contributed by atoms with Crippen LogP contribution in [-0.2, 0) is 13.2 Å². The SMILES string of the molecule is Cc1nn(Cc2c(F)cccc2Cl)c(C)c1NC(=O)c1ccc(COc2c(F)c(F)cc(F)c2F)o1. The van der Waals surface area contributed by atoms with E-state index in [4.69, 9.17) is 20.8 Å². The van der Waals surface area contributed by atoms with E-state index < -0.39 is 47.3 Å². The maximum atomic E-state index is 14.2. The molecule has 4 rings (SSSR count). The highest BCUT2D eigenvalue weighted by molar-refractivity contribution is 6.31. The molecule has 0 atom stereocenters. The van der Waals surface area contributed by atoms with Gasteiger partial charge < -0.3 is 14.5 Å². The average molecular weight is 526 g/mol. The smallest absolute Gasteiger partial charge is 0.291 e. The minimum atomic E-state index is -1.70. The molecule has 0 saturated heterocycles. The predicted molar refractivity (Wildman–Crippen MR) is 119 cm³/mol. The molecule has 0 saturated carbocycles. The van der Waals surface area contributed by atoms with Gasteiger partial charge in [-0.05, 0) is 38.1 Å². The summed E-state index contributed by atoms with van der Waals surface area (Å²) < 4.78 is 79.9. The molecule has 0 spiro atoms. The molecule has 0 radical (unpaired) electrons. The predicted octanol–water partition coefficient (Wildman–Crippen LogP) is 6.32. The quantitative estimate of drug-likeness (QED) is 0.226. The van der Waals surface area contributed by atoms with Crippen LogP contribution >= 0.6 is 11.6 Å². The molecule has 188 valence electrons. The summed E-state index contributed by atoms with van der Waals surface area (Å²) in [5.41, 5.74) is 1.57. The topological polar surface area (TPSA) is 69.3 Å². The molecule has 12 heteroatoms. The lowest BCUT2D eigenvalue weighted by Crippen LogP contribution is -2.13. The van der Waals surface area contributed by atoms with Gasteiger partial charge in [0.25, 0.3) is 5.91 Å². The van der Waals surface area contributed by atoms with Crippen LogP contribution in [0.15, 0.2) is 40.8 Å². The van der Waals surface area contributed by atoms with Crippen molar-refractivity contribution in [2.24, 2.45) is 0 Å². The number of amides is 1. The van der Waals surface area contributed by atoms with Gasteiger partial charge in [-0.3, -0.25) is 9.48 Å². The van der Waals surface area contributed by atoms with Gasteiger partial charge in [0.1, 0.15) is 18.2 Å². The third-order valence-electron chi connectivity index (χ3n) is 5.31. The second kappa shape index (κ2) is 10.0. The molecule has 0 aliphatic carbocycles. The van der Waals surface area contributed by atoms with Crippen LogP contribution in [-0.4, -0.2) is 15.7 Å². The summed E-state index contributed by atoms with van der Waals surface area (Å²) in [6.07, 6.45) is 0. The van der Waals surface area contributed by atoms with Crippen molar-refractivity contribution in [3.63, 3.8) is 0 Å². The van der Waals surface area contributed by atoms with Crippen molar-refractivity contribution < 1.29 is 35.9 Å². The first kappa shape index (κ1) is 25.2. The van der Waals surface area contributed by atoms with Crippen molar-refractivity contribution in [1.82, 2.24) is 9.78 Å². The van der Waals surface area contributed by atoms with Crippen molar-refractivity contribution in [2.45, 2.75) is 27.0 Å². The van der Waals surface area contributed by atoms with Gasteiger partial charge in [-0.1, -0.05) is 17.7 Å². The summed E-state index contributed by atoms with van der Waals surface area (Å²) in [5, 5.41) is 7.21. The summed E-state index contributed by atoms with van der Waals surface area (Å²) in [6.45, 7) is 2.74. The average Bonchev–Trinajstić information content (AvgIpc) is 3.40. The second-order valence-corrected chi connectivity index (χ2v) is 8.12. The highest BCUT2D eigenvalue weighted by Gasteiger charge is 2.22. The molecule has 2 heterocycles. The number of furan rings is 1. The molecule has 4 aromatic rings. The zero-order valence-corrected chi connectivity index (χ0v) is 19.5. The van der Waals surface area contributed by atoms with Crippen molar-refractivity contribution in [2.75, 3.05) is 5.32 Å². The van der Waals surface area contributed by atoms with E-state index >= 15 is 0 Å². The Labute approximate surface area is 206 Å². The van der Waals surface area contributed by atoms with E-state index in [0.717, 1.165) is 0 Å². The maximum Gasteiger partial charge on any atom is 0.291 e. The summed E-state index contributed by atoms with van der Waals surface area (Å²) in [5.74, 6) is -9.26. The molecule has 2 aromatic carbocycles. The number of rotatable bonds is 7. The van der Waals surface area contributed by atoms with E-state index in [-0.39, 0.29) is 34.7 Å². The number of carbonyl (C=O) groups excluding carboxylic acids is 1. The minimum Gasteiger partial charge on any atom is -0.479 e. The van der Waals surface area contributed by atoms with Crippen LogP contribution in [0, 0.1) is 42.9 Å². The van der Waals surface area contributed by atoms with E-state index in [1.54, 1.807) is 19.9 Å². The Hall–Kier alpha value is -3.86. The van der Waals surface area contributed by atoms with E-state index in [1.807, 2.05) is 0 Å². The van der Waals surface area contributed by atoms with Gasteiger partial charge in [0.2, 0.25) is 11.6 Å². The van der Waals surface area contributed by atoms with E-state index in [0.29, 0.717) is 17.1 Å². The highest BCUT2D eigenvalue weighted by atomic mass is 35.5. The fourth-order valence-corrected chi connectivity index (χ4v) is 3.66. The van der Waals surface area contributed by atoms with E-state index in [9.17, 15) is 26.7 Å². The lowest BCUT2D eigenvalue weighted by atomic mass is 10.2. The van der Waals surface area contributed by atoms with Gasteiger partial charge >= 0.3 is 0 Å². The van der Waals surface area contributed by atoms with Gasteiger partial charge in [0.05, 0.1) is 23.6 Å². The van der Waals surface area contributed by atoms with Crippen molar-refractivity contribution in [3.8, 4) is 5.75 Å². The van der Waals surface area contributed by atoms with Crippen molar-refractivity contribution >= 4 is 23.2 Å². The van der Waals surface area contributed by atoms with Crippen LogP contribution < -0.4 is 10.1 Å². The lowest BCUT2D eigenvalue weighted by Gasteiger charge is -2.09. The summed E-state index contributed by atoms with van der Waals surface area (Å²) >= 11 is 6.09. The fraction of sp³-hybridized carbons (Fsp3) is 0.167. The number of nitrogens with one attached hydrogen (secondary N) is 1. The fourth-order valence-electron chi connectivity index (χ4n) is 3.44. The number of aromatic nitrogens is 2. The Morgan fingerprint density at radius 1 is 1.06 bits per heavy atom. The first-order valence-electron chi connectivity index (χ1n) is 10.4. The molecule has 0 aliphatic heterocycles. The number of hydrogen-bond donors (Lipinski definition) is 1. The van der Waals surface area contributed by atoms with Crippen LogP contribution in [0.3, 0.4) is 0 Å². The van der Waals surface area contributed by atoms with Gasteiger partial charge in [0, 0.05) is 16.7 Å². The number of carbonyl (C=O) groups is 1. The highest BCUT2D eigenvalue weighted by Crippen LogP contribution is 2.28. The normalized spacial score (nSPS) is 11.1. The number of halogens is 6. The first-order valence-corrected chi connectivity index (χ1v) is 10.8. The standard InChI is InChI=1S/C24H17ClF5N3O3/c1-11-22(12(2)33(32-11)9-14-15(25)4-3-5-16(14)26)31-24(34)19-7-6-13(36-19)10-35-23-20(29)17(27)8-18(28)21(23)30/h3-8H,9-10H2,1-2H3,(H,31,34). The maximum absolute atomic E-state index is 14.2. The molecule has 0 bridgehead atoms. The largest absolute Gasteiger partial charge is 0.479 e. The van der Waals surface area contributed by atoms with Gasteiger partial charge in [0.15, 0.2) is 23.1 Å². The molecule has 0 unspecified atom stereocenters. The molecular formula is C24H17ClF5N3O3. The number of anilines is 1. The van der Waals surface area contributed by atoms with Gasteiger partial charge in [-0.15, -0.1) is 0 Å². The van der Waals surface area contributed by atoms with Crippen LogP contribution in [0.1, 0.15) is 33.3 Å². The Balaban J connectivity index is 1.47. The molecule has 0 fully saturated rings. The van der Waals surface area contributed by atoms with Crippen LogP contribution in [0.4, 0.5) is 27.6 Å². The number of hydrogen-bond acceptors (Lipinski definition) is 4. The third-order valence-corrected chi connectivity index (χ3v) is 5.66. The van der Waals surface area contributed by atoms with Crippen LogP contribution in [0.25, 0.3) is 0 Å². The van der Waals surface area contributed by atoms with Crippen molar-refractivity contribution in [1.29, 1.82) is 0 Å². The lowest BCUT2D eigenvalue weighted by molar-refractivity contribution is 0.0992. The second-order valence-electron chi connectivity index (χ2n) is 7.71. The van der Waals surface area contributed by atoms with E-state index in [1.165, 1.54) is 28.9 Å². The van der Waals surface area contributed by atoms with Gasteiger partial charge in [-0.2, -0.15) is 13.9 Å². The van der Waals surface area contributed by atoms with Crippen LogP contribution in [0.5, 0.6) is 5.75 Å². The first-order chi connectivity index (χ1) is 17.1. The molecule has 0 aliphatic rings. The number of aryl methyl sites for hydroxylation is 1. The molecule has 36 heavy (non-hydrogen) atoms. The summed E-state index contributed by atoms with van der Waals surface area (Å²) in [7, 11) is 0. The molecular weight excluding hydrogens is 509 g/mol. The molecule has 1 amide bonds. The Morgan fingerprint density at radius 3 is 2.42 bits per heavy atom. The van der Waals surface area contributed by atoms with Crippen molar-refractivity contribution in [3.05, 3.63) is 99.0 Å². The number of ether oxygens (including phenoxy) is 1. The Kier molecular flexibility index (Phi) is 7.02. The number of benzene rings is 2. The zero-order chi connectivity index (χ0) is 26.1. The number of nitrogens with zero attached hydrogens (tertiary/aromatic N) is 2. The van der Waals surface area contributed by atoms with Gasteiger partial charge in [-0.25, -0.2) is 13.2 Å². The molecule has 2 aromatic heterocycles. The third kappa shape index (κ3) is 4.92. The molecule has 6 nitrogen and oxygen atoms in total. The summed E-state index contributed by atoms with van der Waals surface area (Å²) in [6, 6.07) is 6.95. The summed E-state index contributed by atoms with van der Waals surface area (Å²) in [4.78, 5) is 12.7. The monoisotopic (exact) mass is 525 g/mol. The van der Waals surface area contributed by atoms with Crippen LogP contribution in [0.2, 0.25) is 5.02 Å². The molecule has 1 N–H and O–H groups in total. The Morgan fingerprint density at radius 2 is 1.75 bits per heavy atom. The zero-order valence-electron chi connectivity index (χ0n) is 18.8. The Bertz CT molecular complexity index is 1420. The minimum absolute atomic E-state index is 0.0318.